The number of rotatable bonds is 7. The minimum absolute atomic E-state index is 0.630. The second kappa shape index (κ2) is 7.30. The van der Waals surface area contributed by atoms with Gasteiger partial charge in [0.15, 0.2) is 0 Å². The maximum atomic E-state index is 5.93. The van der Waals surface area contributed by atoms with Crippen LogP contribution in [-0.4, -0.2) is 38.2 Å². The highest BCUT2D eigenvalue weighted by Crippen LogP contribution is 2.26. The molecular weight excluding hydrogens is 356 g/mol. The van der Waals surface area contributed by atoms with Gasteiger partial charge in [-0.25, -0.2) is 0 Å². The Kier molecular flexibility index (Phi) is 5.88. The monoisotopic (exact) mass is 382 g/mol. The summed E-state index contributed by atoms with van der Waals surface area (Å²) in [6.07, 6.45) is 2.23. The van der Waals surface area contributed by atoms with E-state index < -0.39 is 8.07 Å². The molecule has 0 unspecified atom stereocenters. The molecule has 0 bridgehead atoms. The summed E-state index contributed by atoms with van der Waals surface area (Å²) in [4.78, 5) is 2.20. The van der Waals surface area contributed by atoms with E-state index in [9.17, 15) is 0 Å². The summed E-state index contributed by atoms with van der Waals surface area (Å²) in [6.45, 7) is 9.58. The first-order valence-corrected chi connectivity index (χ1v) is 12.3. The van der Waals surface area contributed by atoms with Crippen LogP contribution in [-0.2, 0) is 18.0 Å². The second-order valence-corrected chi connectivity index (χ2v) is 13.9. The maximum absolute atomic E-state index is 5.93. The molecule has 0 amide bonds. The van der Waals surface area contributed by atoms with E-state index in [1.807, 2.05) is 0 Å². The molecule has 1 aromatic carbocycles. The van der Waals surface area contributed by atoms with Crippen LogP contribution in [0.25, 0.3) is 10.9 Å². The summed E-state index contributed by atoms with van der Waals surface area (Å²) < 4.78 is 9.27. The largest absolute Gasteiger partial charge is 0.361 e. The molecule has 1 heterocycles. The molecule has 0 aliphatic heterocycles. The first-order valence-electron chi connectivity index (χ1n) is 7.76. The fourth-order valence-corrected chi connectivity index (χ4v) is 3.56. The van der Waals surface area contributed by atoms with Crippen molar-refractivity contribution in [3.8, 4) is 0 Å². The van der Waals surface area contributed by atoms with E-state index in [0.29, 0.717) is 6.73 Å². The average Bonchev–Trinajstić information content (AvgIpc) is 2.70. The van der Waals surface area contributed by atoms with Gasteiger partial charge in [-0.3, -0.25) is 0 Å². The van der Waals surface area contributed by atoms with E-state index in [0.717, 1.165) is 17.6 Å². The van der Waals surface area contributed by atoms with Gasteiger partial charge in [0.2, 0.25) is 0 Å². The van der Waals surface area contributed by atoms with E-state index in [1.165, 1.54) is 22.5 Å². The molecule has 0 atom stereocenters. The molecule has 0 spiro atoms. The Balaban J connectivity index is 2.16. The van der Waals surface area contributed by atoms with Gasteiger partial charge in [-0.05, 0) is 37.8 Å². The standard InChI is InChI=1S/C17H27BrN2OSi/c1-19(2)11-14-12-20(13-21-8-9-22(3,4)5)17-10-15(18)6-7-16(14)17/h6-7,10,12H,8-9,11,13H2,1-5H3. The lowest BCUT2D eigenvalue weighted by Gasteiger charge is -2.15. The van der Waals surface area contributed by atoms with Crippen molar-refractivity contribution in [1.82, 2.24) is 9.47 Å². The van der Waals surface area contributed by atoms with Gasteiger partial charge < -0.3 is 14.2 Å². The quantitative estimate of drug-likeness (QED) is 0.506. The molecule has 5 heteroatoms. The zero-order valence-electron chi connectivity index (χ0n) is 14.3. The highest BCUT2D eigenvalue weighted by Gasteiger charge is 2.13. The zero-order valence-corrected chi connectivity index (χ0v) is 16.9. The van der Waals surface area contributed by atoms with Crippen LogP contribution in [0.2, 0.25) is 25.7 Å². The number of halogens is 1. The fourth-order valence-electron chi connectivity index (χ4n) is 2.46. The Hall–Kier alpha value is -0.623. The Labute approximate surface area is 143 Å². The summed E-state index contributed by atoms with van der Waals surface area (Å²) in [5.41, 5.74) is 2.58. The minimum Gasteiger partial charge on any atom is -0.361 e. The molecular formula is C17H27BrN2OSi. The van der Waals surface area contributed by atoms with E-state index in [1.54, 1.807) is 0 Å². The molecule has 0 saturated heterocycles. The van der Waals surface area contributed by atoms with Gasteiger partial charge in [0.25, 0.3) is 0 Å². The van der Waals surface area contributed by atoms with Crippen molar-refractivity contribution in [3.63, 3.8) is 0 Å². The lowest BCUT2D eigenvalue weighted by atomic mass is 10.2. The molecule has 0 radical (unpaired) electrons. The number of aromatic nitrogens is 1. The molecule has 122 valence electrons. The van der Waals surface area contributed by atoms with Crippen molar-refractivity contribution < 1.29 is 4.74 Å². The Morgan fingerprint density at radius 2 is 1.95 bits per heavy atom. The molecule has 1 aromatic heterocycles. The van der Waals surface area contributed by atoms with Gasteiger partial charge in [-0.1, -0.05) is 41.6 Å². The van der Waals surface area contributed by atoms with Crippen molar-refractivity contribution in [2.24, 2.45) is 0 Å². The van der Waals surface area contributed by atoms with Gasteiger partial charge in [-0.15, -0.1) is 0 Å². The van der Waals surface area contributed by atoms with Crippen LogP contribution in [0, 0.1) is 0 Å². The lowest BCUT2D eigenvalue weighted by molar-refractivity contribution is 0.0901. The predicted molar refractivity (Wildman–Crippen MR) is 101 cm³/mol. The van der Waals surface area contributed by atoms with Crippen molar-refractivity contribution in [2.45, 2.75) is 39.0 Å². The Morgan fingerprint density at radius 1 is 1.23 bits per heavy atom. The van der Waals surface area contributed by atoms with Crippen LogP contribution in [0.3, 0.4) is 0 Å². The zero-order chi connectivity index (χ0) is 16.3. The number of benzene rings is 1. The van der Waals surface area contributed by atoms with Crippen molar-refractivity contribution >= 4 is 34.9 Å². The summed E-state index contributed by atoms with van der Waals surface area (Å²) in [7, 11) is 3.18. The number of hydrogen-bond donors (Lipinski definition) is 0. The molecule has 2 rings (SSSR count). The molecule has 0 saturated carbocycles. The molecule has 0 aliphatic rings. The first kappa shape index (κ1) is 17.7. The van der Waals surface area contributed by atoms with E-state index in [-0.39, 0.29) is 0 Å². The van der Waals surface area contributed by atoms with Crippen LogP contribution in [0.5, 0.6) is 0 Å². The van der Waals surface area contributed by atoms with Crippen molar-refractivity contribution in [2.75, 3.05) is 20.7 Å². The highest BCUT2D eigenvalue weighted by molar-refractivity contribution is 9.10. The fraction of sp³-hybridized carbons (Fsp3) is 0.529. The van der Waals surface area contributed by atoms with Gasteiger partial charge in [0.05, 0.1) is 5.52 Å². The smallest absolute Gasteiger partial charge is 0.122 e. The molecule has 3 nitrogen and oxygen atoms in total. The SMILES string of the molecule is CN(C)Cc1cn(COCC[Si](C)(C)C)c2cc(Br)ccc12. The summed E-state index contributed by atoms with van der Waals surface area (Å²) in [5, 5.41) is 1.31. The third-order valence-corrected chi connectivity index (χ3v) is 5.84. The van der Waals surface area contributed by atoms with E-state index >= 15 is 0 Å². The highest BCUT2D eigenvalue weighted by atomic mass is 79.9. The summed E-state index contributed by atoms with van der Waals surface area (Å²) in [5.74, 6) is 0. The van der Waals surface area contributed by atoms with Crippen LogP contribution >= 0.6 is 15.9 Å². The minimum atomic E-state index is -1.02. The van der Waals surface area contributed by atoms with Crippen molar-refractivity contribution in [1.29, 1.82) is 0 Å². The maximum Gasteiger partial charge on any atom is 0.122 e. The lowest BCUT2D eigenvalue weighted by Crippen LogP contribution is -2.21. The number of hydrogen-bond acceptors (Lipinski definition) is 2. The van der Waals surface area contributed by atoms with Gasteiger partial charge in [0.1, 0.15) is 6.73 Å². The van der Waals surface area contributed by atoms with Crippen molar-refractivity contribution in [3.05, 3.63) is 34.4 Å². The second-order valence-electron chi connectivity index (χ2n) is 7.37. The number of nitrogens with zero attached hydrogens (tertiary/aromatic N) is 2. The predicted octanol–water partition coefficient (Wildman–Crippen LogP) is 4.78. The Morgan fingerprint density at radius 3 is 2.59 bits per heavy atom. The Bertz CT molecular complexity index is 631. The summed E-state index contributed by atoms with van der Waals surface area (Å²) >= 11 is 3.58. The number of ether oxygens (including phenoxy) is 1. The third-order valence-electron chi connectivity index (χ3n) is 3.64. The first-order chi connectivity index (χ1) is 10.3. The van der Waals surface area contributed by atoms with Crippen LogP contribution < -0.4 is 0 Å². The summed E-state index contributed by atoms with van der Waals surface area (Å²) in [6, 6.07) is 7.69. The molecule has 0 N–H and O–H groups in total. The normalized spacial score (nSPS) is 12.5. The van der Waals surface area contributed by atoms with E-state index in [4.69, 9.17) is 4.74 Å². The molecule has 0 fully saturated rings. The average molecular weight is 383 g/mol. The molecule has 0 aliphatic carbocycles. The topological polar surface area (TPSA) is 17.4 Å². The van der Waals surface area contributed by atoms with Crippen LogP contribution in [0.4, 0.5) is 0 Å². The van der Waals surface area contributed by atoms with Gasteiger partial charge in [-0.2, -0.15) is 0 Å². The molecule has 2 aromatic rings. The van der Waals surface area contributed by atoms with Crippen LogP contribution in [0.15, 0.2) is 28.9 Å². The third kappa shape index (κ3) is 4.95. The van der Waals surface area contributed by atoms with E-state index in [2.05, 4.69) is 83.5 Å². The molecule has 22 heavy (non-hydrogen) atoms. The van der Waals surface area contributed by atoms with Gasteiger partial charge in [0, 0.05) is 37.3 Å². The van der Waals surface area contributed by atoms with Gasteiger partial charge >= 0.3 is 0 Å². The number of fused-ring (bicyclic) bond motifs is 1. The van der Waals surface area contributed by atoms with Crippen LogP contribution in [0.1, 0.15) is 5.56 Å².